The fraction of sp³-hybridized carbons (Fsp3) is 0.750. The van der Waals surface area contributed by atoms with Crippen LogP contribution in [0, 0.1) is 0 Å². The highest BCUT2D eigenvalue weighted by Crippen LogP contribution is 2.22. The lowest BCUT2D eigenvalue weighted by molar-refractivity contribution is 0.0437. The van der Waals surface area contributed by atoms with Gasteiger partial charge in [0, 0.05) is 19.6 Å². The fourth-order valence-electron chi connectivity index (χ4n) is 2.27. The number of hydrogen-bond acceptors (Lipinski definition) is 5. The quantitative estimate of drug-likeness (QED) is 0.777. The molecule has 106 valence electrons. The van der Waals surface area contributed by atoms with Crippen LogP contribution in [0.5, 0.6) is 0 Å². The Morgan fingerprint density at radius 2 is 2.32 bits per heavy atom. The third kappa shape index (κ3) is 3.51. The molecule has 2 heterocycles. The number of hydrogen-bond donors (Lipinski definition) is 2. The second kappa shape index (κ2) is 5.66. The van der Waals surface area contributed by atoms with Gasteiger partial charge in [0.25, 0.3) is 5.91 Å². The smallest absolute Gasteiger partial charge is 0.276 e. The molecule has 1 aromatic rings. The zero-order valence-corrected chi connectivity index (χ0v) is 11.2. The summed E-state index contributed by atoms with van der Waals surface area (Å²) in [5, 5.41) is 17.8. The Bertz CT molecular complexity index is 443. The summed E-state index contributed by atoms with van der Waals surface area (Å²) in [7, 11) is 0. The molecule has 1 aromatic heterocycles. The Morgan fingerprint density at radius 3 is 3.05 bits per heavy atom. The van der Waals surface area contributed by atoms with Crippen LogP contribution in [0.4, 0.5) is 0 Å². The van der Waals surface area contributed by atoms with E-state index in [1.165, 1.54) is 0 Å². The first-order valence-corrected chi connectivity index (χ1v) is 6.64. The van der Waals surface area contributed by atoms with E-state index in [0.29, 0.717) is 38.3 Å². The minimum absolute atomic E-state index is 0.124. The van der Waals surface area contributed by atoms with Crippen molar-refractivity contribution in [1.29, 1.82) is 0 Å². The van der Waals surface area contributed by atoms with Crippen LogP contribution in [0.25, 0.3) is 0 Å². The normalized spacial score (nSPS) is 24.3. The van der Waals surface area contributed by atoms with Gasteiger partial charge in [-0.1, -0.05) is 5.21 Å². The summed E-state index contributed by atoms with van der Waals surface area (Å²) in [4.78, 5) is 14.0. The van der Waals surface area contributed by atoms with E-state index in [1.807, 2.05) is 6.92 Å². The first-order valence-electron chi connectivity index (χ1n) is 6.64. The Labute approximate surface area is 112 Å². The molecule has 2 rings (SSSR count). The molecule has 0 spiro atoms. The van der Waals surface area contributed by atoms with Gasteiger partial charge >= 0.3 is 0 Å². The van der Waals surface area contributed by atoms with Gasteiger partial charge in [0.1, 0.15) is 0 Å². The second-order valence-electron chi connectivity index (χ2n) is 5.30. The highest BCUT2D eigenvalue weighted by Gasteiger charge is 2.28. The van der Waals surface area contributed by atoms with Gasteiger partial charge in [-0.25, -0.2) is 0 Å². The summed E-state index contributed by atoms with van der Waals surface area (Å²) in [5.74, 6) is -0.124. The van der Waals surface area contributed by atoms with Crippen molar-refractivity contribution in [2.45, 2.75) is 38.3 Å². The van der Waals surface area contributed by atoms with Crippen molar-refractivity contribution < 1.29 is 9.90 Å². The van der Waals surface area contributed by atoms with Crippen molar-refractivity contribution in [2.24, 2.45) is 5.73 Å². The monoisotopic (exact) mass is 267 g/mol. The third-order valence-corrected chi connectivity index (χ3v) is 3.47. The Balaban J connectivity index is 2.02. The van der Waals surface area contributed by atoms with Crippen LogP contribution in [0.3, 0.4) is 0 Å². The van der Waals surface area contributed by atoms with Gasteiger partial charge in [0.05, 0.1) is 18.3 Å². The molecule has 1 saturated heterocycles. The minimum Gasteiger partial charge on any atom is -0.390 e. The average Bonchev–Trinajstić information content (AvgIpc) is 2.74. The molecule has 3 N–H and O–H groups in total. The zero-order chi connectivity index (χ0) is 13.9. The molecule has 0 aliphatic carbocycles. The molecule has 1 aliphatic rings. The van der Waals surface area contributed by atoms with Crippen LogP contribution in [-0.2, 0) is 6.54 Å². The van der Waals surface area contributed by atoms with Crippen molar-refractivity contribution in [3.8, 4) is 0 Å². The lowest BCUT2D eigenvalue weighted by Gasteiger charge is -2.21. The number of nitrogens with zero attached hydrogens (tertiary/aromatic N) is 4. The van der Waals surface area contributed by atoms with Crippen molar-refractivity contribution in [1.82, 2.24) is 19.9 Å². The molecule has 0 radical (unpaired) electrons. The summed E-state index contributed by atoms with van der Waals surface area (Å²) in [6.45, 7) is 4.03. The number of carbonyl (C=O) groups is 1. The molecule has 1 amide bonds. The molecule has 7 heteroatoms. The molecule has 0 saturated carbocycles. The van der Waals surface area contributed by atoms with Gasteiger partial charge in [0.15, 0.2) is 5.69 Å². The van der Waals surface area contributed by atoms with Crippen LogP contribution < -0.4 is 5.73 Å². The first kappa shape index (κ1) is 14.0. The highest BCUT2D eigenvalue weighted by molar-refractivity contribution is 5.91. The van der Waals surface area contributed by atoms with Gasteiger partial charge < -0.3 is 15.7 Å². The summed E-state index contributed by atoms with van der Waals surface area (Å²) in [6, 6.07) is 0. The predicted molar refractivity (Wildman–Crippen MR) is 69.5 cm³/mol. The summed E-state index contributed by atoms with van der Waals surface area (Å²) < 4.78 is 1.57. The van der Waals surface area contributed by atoms with Gasteiger partial charge in [0.2, 0.25) is 0 Å². The second-order valence-corrected chi connectivity index (χ2v) is 5.30. The molecule has 1 atom stereocenters. The maximum Gasteiger partial charge on any atom is 0.276 e. The molecule has 0 aromatic carbocycles. The standard InChI is InChI=1S/C12H21N5O2/c1-12(19)3-2-6-16(7-4-12)11(18)10-9-17(8-5-13)15-14-10/h9,19H,2-8,13H2,1H3. The van der Waals surface area contributed by atoms with Crippen molar-refractivity contribution in [3.05, 3.63) is 11.9 Å². The zero-order valence-electron chi connectivity index (χ0n) is 11.2. The number of carbonyl (C=O) groups excluding carboxylic acids is 1. The molecule has 19 heavy (non-hydrogen) atoms. The first-order chi connectivity index (χ1) is 9.02. The van der Waals surface area contributed by atoms with Crippen LogP contribution >= 0.6 is 0 Å². The van der Waals surface area contributed by atoms with E-state index in [1.54, 1.807) is 15.8 Å². The van der Waals surface area contributed by atoms with E-state index in [2.05, 4.69) is 10.3 Å². The topological polar surface area (TPSA) is 97.3 Å². The molecule has 1 unspecified atom stereocenters. The fourth-order valence-corrected chi connectivity index (χ4v) is 2.27. The number of nitrogens with two attached hydrogens (primary N) is 1. The molecular formula is C12H21N5O2. The average molecular weight is 267 g/mol. The summed E-state index contributed by atoms with van der Waals surface area (Å²) in [6.07, 6.45) is 3.74. The SMILES string of the molecule is CC1(O)CCCN(C(=O)c2cn(CCN)nn2)CC1. The third-order valence-electron chi connectivity index (χ3n) is 3.47. The van der Waals surface area contributed by atoms with Crippen molar-refractivity contribution >= 4 is 5.91 Å². The molecular weight excluding hydrogens is 246 g/mol. The molecule has 0 bridgehead atoms. The summed E-state index contributed by atoms with van der Waals surface area (Å²) >= 11 is 0. The molecule has 1 fully saturated rings. The largest absolute Gasteiger partial charge is 0.390 e. The predicted octanol–water partition coefficient (Wildman–Crippen LogP) is -0.386. The van der Waals surface area contributed by atoms with E-state index in [4.69, 9.17) is 5.73 Å². The Morgan fingerprint density at radius 1 is 1.53 bits per heavy atom. The maximum absolute atomic E-state index is 12.3. The van der Waals surface area contributed by atoms with Crippen LogP contribution in [0.1, 0.15) is 36.7 Å². The summed E-state index contributed by atoms with van der Waals surface area (Å²) in [5.41, 5.74) is 5.10. The lowest BCUT2D eigenvalue weighted by atomic mass is 9.98. The van der Waals surface area contributed by atoms with Crippen molar-refractivity contribution in [2.75, 3.05) is 19.6 Å². The Hall–Kier alpha value is -1.47. The van der Waals surface area contributed by atoms with E-state index < -0.39 is 5.60 Å². The van der Waals surface area contributed by atoms with Crippen LogP contribution in [-0.4, -0.2) is 56.1 Å². The van der Waals surface area contributed by atoms with Gasteiger partial charge in [-0.05, 0) is 26.2 Å². The van der Waals surface area contributed by atoms with E-state index in [9.17, 15) is 9.90 Å². The van der Waals surface area contributed by atoms with Crippen LogP contribution in [0.15, 0.2) is 6.20 Å². The number of rotatable bonds is 3. The van der Waals surface area contributed by atoms with Crippen molar-refractivity contribution in [3.63, 3.8) is 0 Å². The highest BCUT2D eigenvalue weighted by atomic mass is 16.3. The number of aliphatic hydroxyl groups is 1. The number of amides is 1. The van der Waals surface area contributed by atoms with E-state index >= 15 is 0 Å². The number of aromatic nitrogens is 3. The lowest BCUT2D eigenvalue weighted by Crippen LogP contribution is -2.33. The number of likely N-dealkylation sites (tertiary alicyclic amines) is 1. The van der Waals surface area contributed by atoms with Crippen LogP contribution in [0.2, 0.25) is 0 Å². The maximum atomic E-state index is 12.3. The van der Waals surface area contributed by atoms with Gasteiger partial charge in [-0.15, -0.1) is 5.10 Å². The molecule has 1 aliphatic heterocycles. The Kier molecular flexibility index (Phi) is 4.16. The van der Waals surface area contributed by atoms with Gasteiger partial charge in [-0.3, -0.25) is 9.48 Å². The van der Waals surface area contributed by atoms with Gasteiger partial charge in [-0.2, -0.15) is 0 Å². The van der Waals surface area contributed by atoms with E-state index in [-0.39, 0.29) is 5.91 Å². The molecule has 7 nitrogen and oxygen atoms in total. The van der Waals surface area contributed by atoms with E-state index in [0.717, 1.165) is 12.8 Å². The minimum atomic E-state index is -0.674.